The van der Waals surface area contributed by atoms with Gasteiger partial charge in [0.15, 0.2) is 12.4 Å². The van der Waals surface area contributed by atoms with Crippen LogP contribution in [0.5, 0.6) is 0 Å². The highest BCUT2D eigenvalue weighted by Gasteiger charge is 2.44. The van der Waals surface area contributed by atoms with Crippen LogP contribution in [0.25, 0.3) is 0 Å². The molecule has 0 aromatic rings. The number of esters is 2. The van der Waals surface area contributed by atoms with Gasteiger partial charge >= 0.3 is 11.9 Å². The molecular formula is C49H78O10. The molecule has 0 aromatic heterocycles. The summed E-state index contributed by atoms with van der Waals surface area (Å²) in [7, 11) is 0. The van der Waals surface area contributed by atoms with Crippen LogP contribution < -0.4 is 0 Å². The zero-order chi connectivity index (χ0) is 43.0. The summed E-state index contributed by atoms with van der Waals surface area (Å²) in [5.74, 6) is -0.903. The molecule has 0 aliphatic carbocycles. The molecule has 0 spiro atoms. The van der Waals surface area contributed by atoms with E-state index in [1.807, 2.05) is 0 Å². The molecule has 6 atom stereocenters. The topological polar surface area (TPSA) is 152 Å². The Morgan fingerprint density at radius 1 is 0.542 bits per heavy atom. The SMILES string of the molecule is CC/C=C/C/C=C/C/C=C/C/C=C/CCCCC(=O)OC[C@H](CO[C@@H]1O[C@H](CO)[C@H](O)C(O)C1O)OC(=O)CCCCC/C=C/C/C=C/C/C=C/C/C=C/CCCCC. The lowest BCUT2D eigenvalue weighted by Crippen LogP contribution is -2.59. The van der Waals surface area contributed by atoms with E-state index in [1.54, 1.807) is 0 Å². The van der Waals surface area contributed by atoms with Gasteiger partial charge in [-0.2, -0.15) is 0 Å². The van der Waals surface area contributed by atoms with Gasteiger partial charge in [0.2, 0.25) is 0 Å². The highest BCUT2D eigenvalue weighted by atomic mass is 16.7. The van der Waals surface area contributed by atoms with E-state index in [-0.39, 0.29) is 26.1 Å². The molecule has 1 aliphatic heterocycles. The van der Waals surface area contributed by atoms with E-state index < -0.39 is 55.4 Å². The normalized spacial score (nSPS) is 20.9. The van der Waals surface area contributed by atoms with Crippen molar-refractivity contribution in [1.29, 1.82) is 0 Å². The second-order valence-corrected chi connectivity index (χ2v) is 14.8. The van der Waals surface area contributed by atoms with E-state index in [1.165, 1.54) is 25.7 Å². The lowest BCUT2D eigenvalue weighted by Gasteiger charge is -2.39. The van der Waals surface area contributed by atoms with Crippen molar-refractivity contribution in [3.8, 4) is 0 Å². The molecule has 10 nitrogen and oxygen atoms in total. The van der Waals surface area contributed by atoms with Crippen molar-refractivity contribution in [3.05, 3.63) is 97.2 Å². The second-order valence-electron chi connectivity index (χ2n) is 14.8. The largest absolute Gasteiger partial charge is 0.462 e. The molecule has 1 saturated heterocycles. The van der Waals surface area contributed by atoms with Crippen LogP contribution in [-0.4, -0.2) is 89.0 Å². The van der Waals surface area contributed by atoms with Crippen molar-refractivity contribution >= 4 is 11.9 Å². The molecule has 10 heteroatoms. The molecule has 0 aromatic carbocycles. The number of unbranched alkanes of at least 4 members (excludes halogenated alkanes) is 8. The number of allylic oxidation sites excluding steroid dienone is 16. The van der Waals surface area contributed by atoms with Crippen molar-refractivity contribution in [3.63, 3.8) is 0 Å². The average Bonchev–Trinajstić information content (AvgIpc) is 3.23. The molecular weight excluding hydrogens is 749 g/mol. The molecule has 1 rings (SSSR count). The minimum absolute atomic E-state index is 0.177. The highest BCUT2D eigenvalue weighted by molar-refractivity contribution is 5.70. The molecule has 0 amide bonds. The Labute approximate surface area is 356 Å². The summed E-state index contributed by atoms with van der Waals surface area (Å²) in [4.78, 5) is 25.3. The number of rotatable bonds is 35. The van der Waals surface area contributed by atoms with E-state index >= 15 is 0 Å². The maximum absolute atomic E-state index is 12.8. The van der Waals surface area contributed by atoms with Gasteiger partial charge in [-0.1, -0.05) is 130 Å². The van der Waals surface area contributed by atoms with E-state index in [2.05, 4.69) is 111 Å². The maximum atomic E-state index is 12.8. The molecule has 1 aliphatic rings. The zero-order valence-corrected chi connectivity index (χ0v) is 36.2. The summed E-state index contributed by atoms with van der Waals surface area (Å²) in [5, 5.41) is 40.1. The fraction of sp³-hybridized carbons (Fsp3) is 0.633. The van der Waals surface area contributed by atoms with Crippen molar-refractivity contribution in [1.82, 2.24) is 0 Å². The Morgan fingerprint density at radius 3 is 1.51 bits per heavy atom. The summed E-state index contributed by atoms with van der Waals surface area (Å²) in [6, 6.07) is 0. The molecule has 1 heterocycles. The fourth-order valence-corrected chi connectivity index (χ4v) is 5.92. The second kappa shape index (κ2) is 38.8. The molecule has 59 heavy (non-hydrogen) atoms. The monoisotopic (exact) mass is 827 g/mol. The van der Waals surface area contributed by atoms with Crippen LogP contribution in [-0.2, 0) is 28.5 Å². The van der Waals surface area contributed by atoms with E-state index in [9.17, 15) is 30.0 Å². The quantitative estimate of drug-likeness (QED) is 0.0276. The van der Waals surface area contributed by atoms with Crippen LogP contribution in [0.4, 0.5) is 0 Å². The van der Waals surface area contributed by atoms with Crippen LogP contribution in [0.2, 0.25) is 0 Å². The van der Waals surface area contributed by atoms with E-state index in [0.29, 0.717) is 12.8 Å². The maximum Gasteiger partial charge on any atom is 0.306 e. The van der Waals surface area contributed by atoms with E-state index in [4.69, 9.17) is 18.9 Å². The van der Waals surface area contributed by atoms with Gasteiger partial charge in [0.1, 0.15) is 31.0 Å². The average molecular weight is 827 g/mol. The predicted octanol–water partition coefficient (Wildman–Crippen LogP) is 9.55. The number of carbonyl (C=O) groups excluding carboxylic acids is 2. The van der Waals surface area contributed by atoms with Crippen LogP contribution >= 0.6 is 0 Å². The Hall–Kier alpha value is -3.38. The molecule has 0 bridgehead atoms. The van der Waals surface area contributed by atoms with Crippen molar-refractivity contribution in [2.24, 2.45) is 0 Å². The zero-order valence-electron chi connectivity index (χ0n) is 36.2. The third-order valence-corrected chi connectivity index (χ3v) is 9.45. The van der Waals surface area contributed by atoms with Gasteiger partial charge in [-0.25, -0.2) is 0 Å². The number of hydrogen-bond acceptors (Lipinski definition) is 10. The Bertz CT molecular complexity index is 1280. The Morgan fingerprint density at radius 2 is 1.00 bits per heavy atom. The van der Waals surface area contributed by atoms with Gasteiger partial charge < -0.3 is 39.4 Å². The first kappa shape index (κ1) is 53.6. The first-order valence-electron chi connectivity index (χ1n) is 22.3. The summed E-state index contributed by atoms with van der Waals surface area (Å²) in [6.07, 6.45) is 44.1. The van der Waals surface area contributed by atoms with E-state index in [0.717, 1.165) is 77.0 Å². The number of aliphatic hydroxyl groups excluding tert-OH is 4. The molecule has 334 valence electrons. The number of carbonyl (C=O) groups is 2. The number of aliphatic hydroxyl groups is 4. The summed E-state index contributed by atoms with van der Waals surface area (Å²) in [6.45, 7) is 3.18. The minimum Gasteiger partial charge on any atom is -0.462 e. The van der Waals surface area contributed by atoms with Crippen molar-refractivity contribution in [2.45, 2.75) is 179 Å². The molecule has 2 unspecified atom stereocenters. The fourth-order valence-electron chi connectivity index (χ4n) is 5.92. The third-order valence-electron chi connectivity index (χ3n) is 9.45. The summed E-state index contributed by atoms with van der Waals surface area (Å²) >= 11 is 0. The van der Waals surface area contributed by atoms with Gasteiger partial charge in [-0.05, 0) is 96.3 Å². The molecule has 0 radical (unpaired) electrons. The van der Waals surface area contributed by atoms with Gasteiger partial charge in [0.25, 0.3) is 0 Å². The standard InChI is InChI=1S/C49H78O10/c1-3-5-7-9-11-13-15-17-19-20-21-22-24-26-28-30-32-34-36-38-45(52)58-42(41-57-49-48(55)47(54)46(53)43(39-50)59-49)40-56-44(51)37-35-33-31-29-27-25-23-18-16-14-12-10-8-6-4-2/h6,8,11-14,17-19,21-23,26-29,42-43,46-50,53-55H,3-5,7,9-10,15-16,20,24-25,30-41H2,1-2H3/b8-6+,13-11+,14-12+,19-17+,22-21+,23-18+,28-26+,29-27+/t42-,43-,46+,47?,48?,49-/m1/s1. The van der Waals surface area contributed by atoms with Crippen LogP contribution in [0.3, 0.4) is 0 Å². The third kappa shape index (κ3) is 30.3. The van der Waals surface area contributed by atoms with Crippen molar-refractivity contribution < 1.29 is 49.0 Å². The first-order valence-corrected chi connectivity index (χ1v) is 22.3. The lowest BCUT2D eigenvalue weighted by molar-refractivity contribution is -0.305. The predicted molar refractivity (Wildman–Crippen MR) is 237 cm³/mol. The van der Waals surface area contributed by atoms with Crippen LogP contribution in [0.1, 0.15) is 142 Å². The van der Waals surface area contributed by atoms with Gasteiger partial charge in [-0.15, -0.1) is 0 Å². The van der Waals surface area contributed by atoms with Gasteiger partial charge in [0, 0.05) is 12.8 Å². The molecule has 1 fully saturated rings. The summed E-state index contributed by atoms with van der Waals surface area (Å²) < 4.78 is 22.1. The Balaban J connectivity index is 2.41. The molecule has 4 N–H and O–H groups in total. The Kier molecular flexibility index (Phi) is 35.3. The molecule has 0 saturated carbocycles. The number of ether oxygens (including phenoxy) is 4. The van der Waals surface area contributed by atoms with Crippen molar-refractivity contribution in [2.75, 3.05) is 19.8 Å². The first-order chi connectivity index (χ1) is 28.8. The van der Waals surface area contributed by atoms with Crippen LogP contribution in [0.15, 0.2) is 97.2 Å². The minimum atomic E-state index is -1.61. The highest BCUT2D eigenvalue weighted by Crippen LogP contribution is 2.22. The van der Waals surface area contributed by atoms with Gasteiger partial charge in [0.05, 0.1) is 13.2 Å². The number of hydrogen-bond donors (Lipinski definition) is 4. The summed E-state index contributed by atoms with van der Waals surface area (Å²) in [5.41, 5.74) is 0. The smallest absolute Gasteiger partial charge is 0.306 e. The van der Waals surface area contributed by atoms with Crippen LogP contribution in [0, 0.1) is 0 Å². The van der Waals surface area contributed by atoms with Gasteiger partial charge in [-0.3, -0.25) is 9.59 Å². The lowest BCUT2D eigenvalue weighted by atomic mass is 9.99.